The summed E-state index contributed by atoms with van der Waals surface area (Å²) in [4.78, 5) is 11.7. The van der Waals surface area contributed by atoms with E-state index in [9.17, 15) is 0 Å². The molecule has 4 N–H and O–H groups in total. The third kappa shape index (κ3) is 3.52. The van der Waals surface area contributed by atoms with Crippen LogP contribution in [0.3, 0.4) is 0 Å². The molecule has 2 aromatic carbocycles. The number of H-pyrrole nitrogens is 2. The maximum absolute atomic E-state index is 5.39. The quantitative estimate of drug-likeness (QED) is 0.378. The van der Waals surface area contributed by atoms with Gasteiger partial charge in [0, 0.05) is 35.1 Å². The van der Waals surface area contributed by atoms with Gasteiger partial charge in [-0.3, -0.25) is 0 Å². The normalized spacial score (nSPS) is 17.3. The van der Waals surface area contributed by atoms with Crippen molar-refractivity contribution in [1.29, 1.82) is 0 Å². The second kappa shape index (κ2) is 8.03. The minimum Gasteiger partial charge on any atom is -0.497 e. The smallest absolute Gasteiger partial charge is 0.201 e. The highest BCUT2D eigenvalue weighted by atomic mass is 16.5. The summed E-state index contributed by atoms with van der Waals surface area (Å²) in [6.45, 7) is 4.47. The lowest BCUT2D eigenvalue weighted by molar-refractivity contribution is 0.309. The molecule has 1 saturated heterocycles. The molecule has 2 unspecified atom stereocenters. The van der Waals surface area contributed by atoms with Crippen LogP contribution in [0.1, 0.15) is 31.2 Å². The second-order valence-electron chi connectivity index (χ2n) is 8.30. The van der Waals surface area contributed by atoms with Crippen LogP contribution in [-0.4, -0.2) is 41.2 Å². The molecule has 6 heteroatoms. The molecular weight excluding hydrogens is 374 g/mol. The zero-order chi connectivity index (χ0) is 20.5. The van der Waals surface area contributed by atoms with Crippen molar-refractivity contribution in [2.75, 3.05) is 25.5 Å². The summed E-state index contributed by atoms with van der Waals surface area (Å²) in [5.41, 5.74) is 4.51. The molecule has 156 valence electrons. The molecule has 5 rings (SSSR count). The third-order valence-corrected chi connectivity index (χ3v) is 6.53. The first-order chi connectivity index (χ1) is 14.7. The second-order valence-corrected chi connectivity index (χ2v) is 8.30. The van der Waals surface area contributed by atoms with Gasteiger partial charge >= 0.3 is 0 Å². The Morgan fingerprint density at radius 3 is 2.73 bits per heavy atom. The first kappa shape index (κ1) is 19.0. The number of imidazole rings is 1. The van der Waals surface area contributed by atoms with E-state index in [1.54, 1.807) is 7.11 Å². The van der Waals surface area contributed by atoms with Crippen LogP contribution >= 0.6 is 0 Å². The van der Waals surface area contributed by atoms with Crippen molar-refractivity contribution >= 4 is 27.9 Å². The molecule has 4 aromatic rings. The van der Waals surface area contributed by atoms with Gasteiger partial charge in [0.15, 0.2) is 0 Å². The minimum absolute atomic E-state index is 0.286. The molecule has 0 bridgehead atoms. The number of anilines is 1. The van der Waals surface area contributed by atoms with Crippen molar-refractivity contribution in [3.8, 4) is 5.75 Å². The van der Waals surface area contributed by atoms with Crippen LogP contribution < -0.4 is 15.4 Å². The number of rotatable bonds is 6. The summed E-state index contributed by atoms with van der Waals surface area (Å²) in [5, 5.41) is 8.54. The maximum Gasteiger partial charge on any atom is 0.201 e. The number of ether oxygens (including phenoxy) is 1. The molecule has 0 aliphatic carbocycles. The van der Waals surface area contributed by atoms with E-state index in [0.717, 1.165) is 41.3 Å². The summed E-state index contributed by atoms with van der Waals surface area (Å²) in [7, 11) is 1.71. The van der Waals surface area contributed by atoms with E-state index >= 15 is 0 Å². The molecule has 1 aliphatic heterocycles. The van der Waals surface area contributed by atoms with Crippen molar-refractivity contribution < 1.29 is 4.74 Å². The number of hydrogen-bond donors (Lipinski definition) is 4. The van der Waals surface area contributed by atoms with Gasteiger partial charge in [-0.2, -0.15) is 0 Å². The first-order valence-electron chi connectivity index (χ1n) is 10.8. The van der Waals surface area contributed by atoms with Gasteiger partial charge in [-0.1, -0.05) is 19.1 Å². The fourth-order valence-corrected chi connectivity index (χ4v) is 4.86. The lowest BCUT2D eigenvalue weighted by Gasteiger charge is -2.35. The van der Waals surface area contributed by atoms with E-state index in [1.165, 1.54) is 23.8 Å². The predicted molar refractivity (Wildman–Crippen MR) is 122 cm³/mol. The number of fused-ring (bicyclic) bond motifs is 2. The zero-order valence-corrected chi connectivity index (χ0v) is 17.5. The number of benzene rings is 2. The van der Waals surface area contributed by atoms with Gasteiger partial charge in [0.1, 0.15) is 5.75 Å². The van der Waals surface area contributed by atoms with Crippen LogP contribution in [0.5, 0.6) is 5.75 Å². The summed E-state index contributed by atoms with van der Waals surface area (Å²) < 4.78 is 5.39. The van der Waals surface area contributed by atoms with Crippen LogP contribution in [0.2, 0.25) is 0 Å². The van der Waals surface area contributed by atoms with E-state index < -0.39 is 0 Å². The van der Waals surface area contributed by atoms with Crippen molar-refractivity contribution in [3.05, 3.63) is 54.2 Å². The molecule has 1 aliphatic rings. The SMILES string of the molecule is COc1ccc2c(C(C)C(Nc3nc4ccccc4[nH]3)C3CCNCC3)c[nH]c2c1. The van der Waals surface area contributed by atoms with E-state index in [-0.39, 0.29) is 6.04 Å². The Morgan fingerprint density at radius 2 is 1.93 bits per heavy atom. The molecule has 0 spiro atoms. The highest BCUT2D eigenvalue weighted by molar-refractivity contribution is 5.85. The molecule has 30 heavy (non-hydrogen) atoms. The van der Waals surface area contributed by atoms with E-state index in [4.69, 9.17) is 9.72 Å². The lowest BCUT2D eigenvalue weighted by Crippen LogP contribution is -2.40. The molecule has 6 nitrogen and oxygen atoms in total. The van der Waals surface area contributed by atoms with Crippen molar-refractivity contribution in [2.24, 2.45) is 5.92 Å². The molecule has 3 heterocycles. The summed E-state index contributed by atoms with van der Waals surface area (Å²) >= 11 is 0. The van der Waals surface area contributed by atoms with Crippen LogP contribution in [0.15, 0.2) is 48.7 Å². The number of aromatic nitrogens is 3. The Hall–Kier alpha value is -2.99. The Bertz CT molecular complexity index is 1110. The van der Waals surface area contributed by atoms with Gasteiger partial charge in [-0.15, -0.1) is 0 Å². The predicted octanol–water partition coefficient (Wildman–Crippen LogP) is 4.64. The number of aromatic amines is 2. The van der Waals surface area contributed by atoms with Gasteiger partial charge in [-0.25, -0.2) is 4.98 Å². The van der Waals surface area contributed by atoms with Crippen LogP contribution in [-0.2, 0) is 0 Å². The average Bonchev–Trinajstić information content (AvgIpc) is 3.40. The summed E-state index contributed by atoms with van der Waals surface area (Å²) in [6.07, 6.45) is 4.49. The molecule has 0 saturated carbocycles. The van der Waals surface area contributed by atoms with Gasteiger partial charge in [0.05, 0.1) is 18.1 Å². The number of hydrogen-bond acceptors (Lipinski definition) is 4. The zero-order valence-electron chi connectivity index (χ0n) is 17.5. The number of piperidine rings is 1. The van der Waals surface area contributed by atoms with Gasteiger partial charge in [0.25, 0.3) is 0 Å². The molecule has 0 radical (unpaired) electrons. The Kier molecular flexibility index (Phi) is 5.09. The van der Waals surface area contributed by atoms with Crippen LogP contribution in [0.4, 0.5) is 5.95 Å². The Balaban J connectivity index is 1.49. The van der Waals surface area contributed by atoms with Crippen molar-refractivity contribution in [2.45, 2.75) is 31.7 Å². The van der Waals surface area contributed by atoms with Crippen molar-refractivity contribution in [3.63, 3.8) is 0 Å². The Morgan fingerprint density at radius 1 is 1.10 bits per heavy atom. The van der Waals surface area contributed by atoms with E-state index in [1.807, 2.05) is 24.3 Å². The largest absolute Gasteiger partial charge is 0.497 e. The Labute approximate surface area is 176 Å². The lowest BCUT2D eigenvalue weighted by atomic mass is 9.80. The number of methoxy groups -OCH3 is 1. The maximum atomic E-state index is 5.39. The number of nitrogens with zero attached hydrogens (tertiary/aromatic N) is 1. The standard InChI is InChI=1S/C24H29N5O/c1-15(19-14-26-22-13-17(30-2)7-8-18(19)22)23(16-9-11-25-12-10-16)29-24-27-20-5-3-4-6-21(20)28-24/h3-8,13-16,23,25-26H,9-12H2,1-2H3,(H2,27,28,29). The number of para-hydroxylation sites is 2. The topological polar surface area (TPSA) is 77.8 Å². The number of nitrogens with one attached hydrogen (secondary N) is 4. The molecule has 2 aromatic heterocycles. The monoisotopic (exact) mass is 403 g/mol. The summed E-state index contributed by atoms with van der Waals surface area (Å²) in [6, 6.07) is 14.7. The molecule has 1 fully saturated rings. The van der Waals surface area contributed by atoms with Crippen LogP contribution in [0, 0.1) is 5.92 Å². The molecule has 2 atom stereocenters. The highest BCUT2D eigenvalue weighted by Crippen LogP contribution is 2.35. The fraction of sp³-hybridized carbons (Fsp3) is 0.375. The van der Waals surface area contributed by atoms with Crippen molar-refractivity contribution in [1.82, 2.24) is 20.3 Å². The molecule has 0 amide bonds. The average molecular weight is 404 g/mol. The third-order valence-electron chi connectivity index (χ3n) is 6.53. The fourth-order valence-electron chi connectivity index (χ4n) is 4.86. The van der Waals surface area contributed by atoms with Gasteiger partial charge in [-0.05, 0) is 61.7 Å². The first-order valence-corrected chi connectivity index (χ1v) is 10.8. The van der Waals surface area contributed by atoms with Crippen LogP contribution in [0.25, 0.3) is 21.9 Å². The molecular formula is C24H29N5O. The minimum atomic E-state index is 0.286. The van der Waals surface area contributed by atoms with E-state index in [2.05, 4.69) is 51.9 Å². The highest BCUT2D eigenvalue weighted by Gasteiger charge is 2.31. The summed E-state index contributed by atoms with van der Waals surface area (Å²) in [5.74, 6) is 2.63. The van der Waals surface area contributed by atoms with Gasteiger partial charge in [0.2, 0.25) is 5.95 Å². The van der Waals surface area contributed by atoms with Gasteiger partial charge < -0.3 is 25.3 Å². The van der Waals surface area contributed by atoms with E-state index in [0.29, 0.717) is 11.8 Å².